The van der Waals surface area contributed by atoms with Crippen molar-refractivity contribution in [1.29, 1.82) is 0 Å². The van der Waals surface area contributed by atoms with Crippen LogP contribution in [0, 0.1) is 6.92 Å². The van der Waals surface area contributed by atoms with Crippen LogP contribution in [0.2, 0.25) is 0 Å². The molecule has 1 atom stereocenters. The molecule has 1 aliphatic rings. The molecule has 1 fully saturated rings. The Hall–Kier alpha value is -4.10. The van der Waals surface area contributed by atoms with Crippen LogP contribution in [0.15, 0.2) is 78.4 Å². The number of benzene rings is 3. The quantitative estimate of drug-likeness (QED) is 0.159. The third kappa shape index (κ3) is 6.06. The topological polar surface area (TPSA) is 85.3 Å². The van der Waals surface area contributed by atoms with Crippen LogP contribution in [-0.4, -0.2) is 48.6 Å². The van der Waals surface area contributed by atoms with Crippen molar-refractivity contribution in [3.05, 3.63) is 101 Å². The molecule has 0 bridgehead atoms. The lowest BCUT2D eigenvalue weighted by atomic mass is 9.95. The molecule has 4 rings (SSSR count). The molecular weight excluding hydrogens is 482 g/mol. The number of Topliss-reactive ketones (excluding diaryl/α,β-unsaturated/α-hetero) is 1. The molecule has 0 aliphatic carbocycles. The number of nitrogens with zero attached hydrogens (tertiary/aromatic N) is 1. The minimum Gasteiger partial charge on any atom is -0.507 e. The fourth-order valence-corrected chi connectivity index (χ4v) is 4.58. The maximum atomic E-state index is 13.2. The summed E-state index contributed by atoms with van der Waals surface area (Å²) in [5.74, 6) is -0.250. The number of carbonyl (C=O) groups is 2. The highest BCUT2D eigenvalue weighted by Crippen LogP contribution is 2.40. The first-order valence-corrected chi connectivity index (χ1v) is 12.7. The molecule has 1 amide bonds. The van der Waals surface area contributed by atoms with E-state index in [2.05, 4.69) is 6.07 Å². The normalized spacial score (nSPS) is 16.6. The molecule has 38 heavy (non-hydrogen) atoms. The summed E-state index contributed by atoms with van der Waals surface area (Å²) in [4.78, 5) is 27.7. The van der Waals surface area contributed by atoms with E-state index >= 15 is 0 Å². The zero-order chi connectivity index (χ0) is 27.1. The Morgan fingerprint density at radius 3 is 2.29 bits per heavy atom. The first kappa shape index (κ1) is 26.9. The van der Waals surface area contributed by atoms with Crippen LogP contribution < -0.4 is 9.47 Å². The van der Waals surface area contributed by atoms with Crippen LogP contribution in [0.5, 0.6) is 11.5 Å². The Bertz CT molecular complexity index is 1300. The average Bonchev–Trinajstić information content (AvgIpc) is 3.18. The van der Waals surface area contributed by atoms with Crippen molar-refractivity contribution in [2.75, 3.05) is 26.9 Å². The molecular formula is C31H33NO6. The van der Waals surface area contributed by atoms with Gasteiger partial charge in [-0.2, -0.15) is 0 Å². The number of methoxy groups -OCH3 is 1. The fraction of sp³-hybridized carbons (Fsp3) is 0.290. The highest BCUT2D eigenvalue weighted by molar-refractivity contribution is 6.46. The molecule has 0 radical (unpaired) electrons. The van der Waals surface area contributed by atoms with Crippen LogP contribution >= 0.6 is 0 Å². The monoisotopic (exact) mass is 515 g/mol. The van der Waals surface area contributed by atoms with Gasteiger partial charge in [-0.1, -0.05) is 42.0 Å². The predicted molar refractivity (Wildman–Crippen MR) is 145 cm³/mol. The molecule has 7 heteroatoms. The summed E-state index contributed by atoms with van der Waals surface area (Å²) in [6.07, 6.45) is 0.560. The van der Waals surface area contributed by atoms with Crippen molar-refractivity contribution >= 4 is 17.4 Å². The maximum Gasteiger partial charge on any atom is 0.295 e. The van der Waals surface area contributed by atoms with Crippen LogP contribution in [-0.2, 0) is 20.9 Å². The summed E-state index contributed by atoms with van der Waals surface area (Å²) in [6, 6.07) is 21.5. The summed E-state index contributed by atoms with van der Waals surface area (Å²) >= 11 is 0. The van der Waals surface area contributed by atoms with Crippen molar-refractivity contribution in [3.63, 3.8) is 0 Å². The Balaban J connectivity index is 1.63. The standard InChI is InChI=1S/C31H33NO6/c1-4-37-25-13-9-23(10-14-25)28-27(30(34)31(35)32(28)17-6-18-36-3)29(33)24-11-15-26(16-12-24)38-20-22-8-5-7-21(2)19-22/h5,7-16,19,28,33H,4,6,17-18,20H2,1-3H3/b29-27+/t28-/m1/s1. The van der Waals surface area contributed by atoms with E-state index in [4.69, 9.17) is 14.2 Å². The van der Waals surface area contributed by atoms with Gasteiger partial charge in [0.15, 0.2) is 0 Å². The van der Waals surface area contributed by atoms with E-state index in [9.17, 15) is 14.7 Å². The van der Waals surface area contributed by atoms with Crippen molar-refractivity contribution in [2.45, 2.75) is 32.9 Å². The summed E-state index contributed by atoms with van der Waals surface area (Å²) in [7, 11) is 1.59. The number of aliphatic hydroxyl groups is 1. The van der Waals surface area contributed by atoms with Gasteiger partial charge in [-0.05, 0) is 67.8 Å². The fourth-order valence-electron chi connectivity index (χ4n) is 4.58. The van der Waals surface area contributed by atoms with Gasteiger partial charge < -0.3 is 24.2 Å². The van der Waals surface area contributed by atoms with Gasteiger partial charge in [0.05, 0.1) is 18.2 Å². The van der Waals surface area contributed by atoms with Crippen molar-refractivity contribution in [1.82, 2.24) is 4.90 Å². The summed E-state index contributed by atoms with van der Waals surface area (Å²) in [5, 5.41) is 11.3. The SMILES string of the molecule is CCOc1ccc([C@@H]2/C(=C(\O)c3ccc(OCc4cccc(C)c4)cc3)C(=O)C(=O)N2CCCOC)cc1. The maximum absolute atomic E-state index is 13.2. The van der Waals surface area contributed by atoms with E-state index < -0.39 is 17.7 Å². The van der Waals surface area contributed by atoms with Crippen LogP contribution in [0.25, 0.3) is 5.76 Å². The second kappa shape index (κ2) is 12.4. The Morgan fingerprint density at radius 1 is 0.947 bits per heavy atom. The van der Waals surface area contributed by atoms with Crippen molar-refractivity contribution in [3.8, 4) is 11.5 Å². The molecule has 0 spiro atoms. The minimum atomic E-state index is -0.722. The van der Waals surface area contributed by atoms with Crippen LogP contribution in [0.4, 0.5) is 0 Å². The van der Waals surface area contributed by atoms with Gasteiger partial charge in [0, 0.05) is 25.8 Å². The smallest absolute Gasteiger partial charge is 0.295 e. The Kier molecular flexibility index (Phi) is 8.81. The van der Waals surface area contributed by atoms with Gasteiger partial charge >= 0.3 is 0 Å². The zero-order valence-corrected chi connectivity index (χ0v) is 22.0. The third-order valence-corrected chi connectivity index (χ3v) is 6.41. The molecule has 7 nitrogen and oxygen atoms in total. The number of amides is 1. The second-order valence-electron chi connectivity index (χ2n) is 9.14. The number of hydrogen-bond acceptors (Lipinski definition) is 6. The van der Waals surface area contributed by atoms with Gasteiger partial charge in [-0.15, -0.1) is 0 Å². The van der Waals surface area contributed by atoms with Crippen LogP contribution in [0.1, 0.15) is 41.6 Å². The molecule has 198 valence electrons. The summed E-state index contributed by atoms with van der Waals surface area (Å²) in [5.41, 5.74) is 3.42. The molecule has 0 aromatic heterocycles. The molecule has 3 aromatic carbocycles. The van der Waals surface area contributed by atoms with Gasteiger partial charge in [-0.3, -0.25) is 9.59 Å². The van der Waals surface area contributed by atoms with E-state index in [1.54, 1.807) is 43.5 Å². The number of carbonyl (C=O) groups excluding carboxylic acids is 2. The first-order valence-electron chi connectivity index (χ1n) is 12.7. The van der Waals surface area contributed by atoms with E-state index in [-0.39, 0.29) is 11.3 Å². The molecule has 1 N–H and O–H groups in total. The lowest BCUT2D eigenvalue weighted by Gasteiger charge is -2.25. The molecule has 0 saturated carbocycles. The van der Waals surface area contributed by atoms with Gasteiger partial charge in [0.25, 0.3) is 11.7 Å². The van der Waals surface area contributed by atoms with E-state index in [0.717, 1.165) is 11.1 Å². The van der Waals surface area contributed by atoms with Gasteiger partial charge in [-0.25, -0.2) is 0 Å². The molecule has 3 aromatic rings. The van der Waals surface area contributed by atoms with E-state index in [1.807, 2.05) is 44.2 Å². The largest absolute Gasteiger partial charge is 0.507 e. The number of ether oxygens (including phenoxy) is 3. The lowest BCUT2D eigenvalue weighted by molar-refractivity contribution is -0.140. The van der Waals surface area contributed by atoms with E-state index in [1.165, 1.54) is 4.90 Å². The zero-order valence-electron chi connectivity index (χ0n) is 22.0. The van der Waals surface area contributed by atoms with E-state index in [0.29, 0.717) is 55.4 Å². The van der Waals surface area contributed by atoms with Crippen LogP contribution in [0.3, 0.4) is 0 Å². The third-order valence-electron chi connectivity index (χ3n) is 6.41. The molecule has 1 heterocycles. The number of likely N-dealkylation sites (tertiary alicyclic amines) is 1. The highest BCUT2D eigenvalue weighted by Gasteiger charge is 2.45. The number of aliphatic hydroxyl groups excluding tert-OH is 1. The van der Waals surface area contributed by atoms with Crippen molar-refractivity contribution < 1.29 is 28.9 Å². The second-order valence-corrected chi connectivity index (χ2v) is 9.14. The number of hydrogen-bond donors (Lipinski definition) is 1. The average molecular weight is 516 g/mol. The summed E-state index contributed by atoms with van der Waals surface area (Å²) in [6.45, 7) is 5.64. The lowest BCUT2D eigenvalue weighted by Crippen LogP contribution is -2.31. The minimum absolute atomic E-state index is 0.0602. The summed E-state index contributed by atoms with van der Waals surface area (Å²) < 4.78 is 16.6. The number of aryl methyl sites for hydroxylation is 1. The van der Waals surface area contributed by atoms with Gasteiger partial charge in [0.2, 0.25) is 0 Å². The van der Waals surface area contributed by atoms with Crippen molar-refractivity contribution in [2.24, 2.45) is 0 Å². The Morgan fingerprint density at radius 2 is 1.63 bits per heavy atom. The first-order chi connectivity index (χ1) is 18.4. The molecule has 1 aliphatic heterocycles. The van der Waals surface area contributed by atoms with Gasteiger partial charge in [0.1, 0.15) is 23.9 Å². The highest BCUT2D eigenvalue weighted by atomic mass is 16.5. The Labute approximate surface area is 223 Å². The molecule has 0 unspecified atom stereocenters. The molecule has 1 saturated heterocycles. The number of ketones is 1. The number of rotatable bonds is 11. The predicted octanol–water partition coefficient (Wildman–Crippen LogP) is 5.43.